The maximum Gasteiger partial charge on any atom is 0.241 e. The molecular weight excluding hydrogens is 252 g/mol. The molecule has 1 amide bonds. The predicted molar refractivity (Wildman–Crippen MR) is 77.2 cm³/mol. The Morgan fingerprint density at radius 3 is 2.85 bits per heavy atom. The molecule has 3 atom stereocenters. The van der Waals surface area contributed by atoms with Crippen LogP contribution in [-0.4, -0.2) is 42.3 Å². The van der Waals surface area contributed by atoms with Gasteiger partial charge < -0.3 is 9.64 Å². The Kier molecular flexibility index (Phi) is 4.03. The lowest BCUT2D eigenvalue weighted by atomic mass is 10.1. The van der Waals surface area contributed by atoms with Crippen LogP contribution >= 0.6 is 0 Å². The molecule has 2 saturated heterocycles. The van der Waals surface area contributed by atoms with E-state index in [1.54, 1.807) is 0 Å². The Hall–Kier alpha value is -1.39. The highest BCUT2D eigenvalue weighted by Crippen LogP contribution is 2.22. The second kappa shape index (κ2) is 5.94. The van der Waals surface area contributed by atoms with Crippen molar-refractivity contribution >= 4 is 5.91 Å². The van der Waals surface area contributed by atoms with Gasteiger partial charge in [0.2, 0.25) is 5.91 Å². The summed E-state index contributed by atoms with van der Waals surface area (Å²) in [5.74, 6) is 0.240. The first kappa shape index (κ1) is 13.6. The van der Waals surface area contributed by atoms with E-state index < -0.39 is 0 Å². The van der Waals surface area contributed by atoms with Gasteiger partial charge in [-0.05, 0) is 31.7 Å². The van der Waals surface area contributed by atoms with E-state index in [9.17, 15) is 4.79 Å². The lowest BCUT2D eigenvalue weighted by molar-refractivity contribution is -0.132. The fourth-order valence-electron chi connectivity index (χ4n) is 3.21. The van der Waals surface area contributed by atoms with E-state index in [0.29, 0.717) is 6.61 Å². The highest BCUT2D eigenvalue weighted by Gasteiger charge is 2.40. The standard InChI is InChI=1S/C16H22N2O2/c1-12-17-15(8-7-13-5-3-2-4-6-13)16(19)18(12)14-9-10-20-11-14/h2-6,12,14-15,17H,7-11H2,1H3. The van der Waals surface area contributed by atoms with Crippen molar-refractivity contribution in [2.24, 2.45) is 0 Å². The van der Waals surface area contributed by atoms with Gasteiger partial charge in [0.15, 0.2) is 0 Å². The molecule has 4 heteroatoms. The highest BCUT2D eigenvalue weighted by atomic mass is 16.5. The number of hydrogen-bond donors (Lipinski definition) is 1. The Labute approximate surface area is 120 Å². The van der Waals surface area contributed by atoms with Gasteiger partial charge in [-0.3, -0.25) is 10.1 Å². The Morgan fingerprint density at radius 2 is 2.15 bits per heavy atom. The van der Waals surface area contributed by atoms with Crippen molar-refractivity contribution < 1.29 is 9.53 Å². The molecule has 2 aliphatic rings. The van der Waals surface area contributed by atoms with Gasteiger partial charge >= 0.3 is 0 Å². The second-order valence-corrected chi connectivity index (χ2v) is 5.68. The zero-order chi connectivity index (χ0) is 13.9. The molecule has 2 fully saturated rings. The maximum atomic E-state index is 12.5. The first-order valence-corrected chi connectivity index (χ1v) is 7.45. The summed E-state index contributed by atoms with van der Waals surface area (Å²) in [4.78, 5) is 14.5. The Balaban J connectivity index is 1.59. The zero-order valence-corrected chi connectivity index (χ0v) is 11.9. The van der Waals surface area contributed by atoms with Crippen molar-refractivity contribution in [2.45, 2.75) is 44.4 Å². The molecule has 0 bridgehead atoms. The molecule has 4 nitrogen and oxygen atoms in total. The minimum absolute atomic E-state index is 0.0502. The van der Waals surface area contributed by atoms with Gasteiger partial charge in [0.05, 0.1) is 24.9 Å². The van der Waals surface area contributed by atoms with Crippen LogP contribution in [0.3, 0.4) is 0 Å². The third kappa shape index (κ3) is 2.72. The average Bonchev–Trinajstić information content (AvgIpc) is 3.06. The predicted octanol–water partition coefficient (Wildman–Crippen LogP) is 1.55. The molecule has 1 aromatic rings. The molecule has 0 saturated carbocycles. The van der Waals surface area contributed by atoms with Gasteiger partial charge in [-0.25, -0.2) is 0 Å². The fourth-order valence-corrected chi connectivity index (χ4v) is 3.21. The van der Waals surface area contributed by atoms with Crippen molar-refractivity contribution in [3.63, 3.8) is 0 Å². The number of aryl methyl sites for hydroxylation is 1. The first-order chi connectivity index (χ1) is 9.75. The van der Waals surface area contributed by atoms with Gasteiger partial charge in [-0.1, -0.05) is 30.3 Å². The molecule has 3 unspecified atom stereocenters. The lowest BCUT2D eigenvalue weighted by Gasteiger charge is -2.26. The largest absolute Gasteiger partial charge is 0.379 e. The summed E-state index contributed by atoms with van der Waals surface area (Å²) < 4.78 is 5.41. The first-order valence-electron chi connectivity index (χ1n) is 7.45. The lowest BCUT2D eigenvalue weighted by Crippen LogP contribution is -2.43. The molecule has 0 aromatic heterocycles. The Morgan fingerprint density at radius 1 is 1.35 bits per heavy atom. The van der Waals surface area contributed by atoms with E-state index in [0.717, 1.165) is 25.9 Å². The van der Waals surface area contributed by atoms with E-state index in [-0.39, 0.29) is 24.2 Å². The van der Waals surface area contributed by atoms with Crippen LogP contribution in [0.2, 0.25) is 0 Å². The van der Waals surface area contributed by atoms with Gasteiger partial charge in [0.25, 0.3) is 0 Å². The summed E-state index contributed by atoms with van der Waals surface area (Å²) in [6.45, 7) is 3.53. The van der Waals surface area contributed by atoms with E-state index in [1.807, 2.05) is 23.1 Å². The maximum absolute atomic E-state index is 12.5. The number of nitrogens with one attached hydrogen (secondary N) is 1. The van der Waals surface area contributed by atoms with Crippen LogP contribution in [0, 0.1) is 0 Å². The minimum atomic E-state index is -0.0502. The highest BCUT2D eigenvalue weighted by molar-refractivity contribution is 5.84. The summed E-state index contributed by atoms with van der Waals surface area (Å²) in [5.41, 5.74) is 1.29. The molecule has 2 aliphatic heterocycles. The number of carbonyl (C=O) groups is 1. The van der Waals surface area contributed by atoms with Gasteiger partial charge in [0.1, 0.15) is 0 Å². The number of benzene rings is 1. The molecule has 3 rings (SSSR count). The van der Waals surface area contributed by atoms with E-state index in [1.165, 1.54) is 5.56 Å². The summed E-state index contributed by atoms with van der Waals surface area (Å²) >= 11 is 0. The van der Waals surface area contributed by atoms with Crippen LogP contribution in [0.1, 0.15) is 25.3 Å². The normalized spacial score (nSPS) is 30.1. The van der Waals surface area contributed by atoms with Crippen molar-refractivity contribution in [3.05, 3.63) is 35.9 Å². The van der Waals surface area contributed by atoms with Crippen molar-refractivity contribution in [2.75, 3.05) is 13.2 Å². The van der Waals surface area contributed by atoms with Gasteiger partial charge in [0, 0.05) is 6.61 Å². The summed E-state index contributed by atoms with van der Waals surface area (Å²) in [6, 6.07) is 10.6. The van der Waals surface area contributed by atoms with Gasteiger partial charge in [-0.15, -0.1) is 0 Å². The van der Waals surface area contributed by atoms with Crippen LogP contribution < -0.4 is 5.32 Å². The molecule has 0 spiro atoms. The molecule has 108 valence electrons. The smallest absolute Gasteiger partial charge is 0.241 e. The quantitative estimate of drug-likeness (QED) is 0.906. The average molecular weight is 274 g/mol. The molecule has 1 aromatic carbocycles. The molecular formula is C16H22N2O2. The van der Waals surface area contributed by atoms with E-state index in [2.05, 4.69) is 24.4 Å². The number of carbonyl (C=O) groups excluding carboxylic acids is 1. The van der Waals surface area contributed by atoms with Crippen molar-refractivity contribution in [3.8, 4) is 0 Å². The van der Waals surface area contributed by atoms with E-state index >= 15 is 0 Å². The number of rotatable bonds is 4. The van der Waals surface area contributed by atoms with Crippen LogP contribution in [0.5, 0.6) is 0 Å². The van der Waals surface area contributed by atoms with Crippen LogP contribution in [0.4, 0.5) is 0 Å². The fraction of sp³-hybridized carbons (Fsp3) is 0.562. The summed E-state index contributed by atoms with van der Waals surface area (Å²) in [7, 11) is 0. The monoisotopic (exact) mass is 274 g/mol. The molecule has 0 aliphatic carbocycles. The molecule has 1 N–H and O–H groups in total. The number of hydrogen-bond acceptors (Lipinski definition) is 3. The summed E-state index contributed by atoms with van der Waals surface area (Å²) in [6.07, 6.45) is 2.88. The third-order valence-electron chi connectivity index (χ3n) is 4.28. The topological polar surface area (TPSA) is 41.6 Å². The van der Waals surface area contributed by atoms with E-state index in [4.69, 9.17) is 4.74 Å². The minimum Gasteiger partial charge on any atom is -0.379 e. The van der Waals surface area contributed by atoms with Crippen LogP contribution in [0.25, 0.3) is 0 Å². The van der Waals surface area contributed by atoms with Crippen LogP contribution in [-0.2, 0) is 16.0 Å². The SMILES string of the molecule is CC1NC(CCc2ccccc2)C(=O)N1C1CCOC1. The van der Waals surface area contributed by atoms with Crippen molar-refractivity contribution in [1.29, 1.82) is 0 Å². The molecule has 0 radical (unpaired) electrons. The number of amides is 1. The number of nitrogens with zero attached hydrogens (tertiary/aromatic N) is 1. The zero-order valence-electron chi connectivity index (χ0n) is 11.9. The number of ether oxygens (including phenoxy) is 1. The molecule has 2 heterocycles. The summed E-state index contributed by atoms with van der Waals surface area (Å²) in [5, 5.41) is 3.42. The second-order valence-electron chi connectivity index (χ2n) is 5.68. The van der Waals surface area contributed by atoms with Crippen LogP contribution in [0.15, 0.2) is 30.3 Å². The van der Waals surface area contributed by atoms with Crippen molar-refractivity contribution in [1.82, 2.24) is 10.2 Å². The third-order valence-corrected chi connectivity index (χ3v) is 4.28. The van der Waals surface area contributed by atoms with Gasteiger partial charge in [-0.2, -0.15) is 0 Å². The Bertz CT molecular complexity index is 457. The molecule has 20 heavy (non-hydrogen) atoms.